The van der Waals surface area contributed by atoms with E-state index in [0.29, 0.717) is 23.7 Å². The summed E-state index contributed by atoms with van der Waals surface area (Å²) in [7, 11) is 0. The smallest absolute Gasteiger partial charge is 0.258 e. The van der Waals surface area contributed by atoms with E-state index in [1.54, 1.807) is 18.2 Å². The van der Waals surface area contributed by atoms with E-state index in [0.717, 1.165) is 5.01 Å². The highest BCUT2D eigenvalue weighted by Crippen LogP contribution is 2.10. The van der Waals surface area contributed by atoms with Gasteiger partial charge in [0.15, 0.2) is 0 Å². The van der Waals surface area contributed by atoms with Gasteiger partial charge in [-0.2, -0.15) is 0 Å². The van der Waals surface area contributed by atoms with Crippen LogP contribution in [0.25, 0.3) is 0 Å². The Morgan fingerprint density at radius 1 is 1.50 bits per heavy atom. The number of hydrogen-bond donors (Lipinski definition) is 4. The van der Waals surface area contributed by atoms with Gasteiger partial charge >= 0.3 is 0 Å². The van der Waals surface area contributed by atoms with E-state index in [9.17, 15) is 4.79 Å². The number of nitrogens with two attached hydrogens (primary N) is 3. The molecule has 1 aromatic carbocycles. The number of nitrogens with zero attached hydrogens (tertiary/aromatic N) is 2. The average Bonchev–Trinajstić information content (AvgIpc) is 2.35. The minimum absolute atomic E-state index is 0.0328. The third kappa shape index (κ3) is 3.88. The van der Waals surface area contributed by atoms with Gasteiger partial charge in [0.05, 0.1) is 0 Å². The largest absolute Gasteiger partial charge is 0.329 e. The third-order valence-corrected chi connectivity index (χ3v) is 2.31. The molecule has 0 saturated heterocycles. The van der Waals surface area contributed by atoms with Crippen molar-refractivity contribution in [3.8, 4) is 0 Å². The van der Waals surface area contributed by atoms with Gasteiger partial charge in [0.2, 0.25) is 5.96 Å². The summed E-state index contributed by atoms with van der Waals surface area (Å²) in [6, 6.07) is 6.46. The van der Waals surface area contributed by atoms with E-state index in [1.807, 2.05) is 0 Å². The second kappa shape index (κ2) is 6.80. The molecule has 98 valence electrons. The third-order valence-electron chi connectivity index (χ3n) is 2.08. The summed E-state index contributed by atoms with van der Waals surface area (Å²) < 4.78 is 0. The van der Waals surface area contributed by atoms with Crippen LogP contribution in [0.2, 0.25) is 5.02 Å². The number of nitrogens with one attached hydrogen (secondary N) is 1. The van der Waals surface area contributed by atoms with E-state index in [4.69, 9.17) is 29.0 Å². The van der Waals surface area contributed by atoms with Gasteiger partial charge in [0.1, 0.15) is 0 Å². The van der Waals surface area contributed by atoms with Crippen LogP contribution in [0.4, 0.5) is 0 Å². The Bertz CT molecular complexity index is 450. The minimum Gasteiger partial charge on any atom is -0.329 e. The first-order valence-electron chi connectivity index (χ1n) is 5.15. The molecule has 0 aliphatic heterocycles. The molecule has 0 aliphatic carbocycles. The number of benzene rings is 1. The fourth-order valence-electron chi connectivity index (χ4n) is 1.23. The Morgan fingerprint density at radius 3 is 2.78 bits per heavy atom. The number of halogens is 1. The molecule has 1 aromatic rings. The van der Waals surface area contributed by atoms with Gasteiger partial charge < -0.3 is 11.6 Å². The van der Waals surface area contributed by atoms with E-state index >= 15 is 0 Å². The lowest BCUT2D eigenvalue weighted by Crippen LogP contribution is -2.50. The van der Waals surface area contributed by atoms with Crippen LogP contribution in [0.3, 0.4) is 0 Å². The topological polar surface area (TPSA) is 123 Å². The highest BCUT2D eigenvalue weighted by Gasteiger charge is 2.12. The van der Waals surface area contributed by atoms with Crippen molar-refractivity contribution in [2.45, 2.75) is 0 Å². The zero-order chi connectivity index (χ0) is 13.5. The Labute approximate surface area is 110 Å². The molecule has 0 heterocycles. The number of hydrazone groups is 1. The van der Waals surface area contributed by atoms with E-state index in [-0.39, 0.29) is 5.96 Å². The molecule has 0 saturated carbocycles. The number of hydrogen-bond acceptors (Lipinski definition) is 5. The number of guanidine groups is 1. The van der Waals surface area contributed by atoms with Crippen LogP contribution in [0, 0.1) is 0 Å². The second-order valence-corrected chi connectivity index (χ2v) is 3.84. The summed E-state index contributed by atoms with van der Waals surface area (Å²) in [4.78, 5) is 11.9. The molecule has 0 bridgehead atoms. The van der Waals surface area contributed by atoms with Crippen molar-refractivity contribution in [1.29, 1.82) is 0 Å². The zero-order valence-electron chi connectivity index (χ0n) is 9.64. The highest BCUT2D eigenvalue weighted by molar-refractivity contribution is 6.31. The van der Waals surface area contributed by atoms with Gasteiger partial charge in [-0.1, -0.05) is 17.7 Å². The summed E-state index contributed by atoms with van der Waals surface area (Å²) in [5, 5.41) is 7.47. The monoisotopic (exact) mass is 270 g/mol. The van der Waals surface area contributed by atoms with Gasteiger partial charge in [0.25, 0.3) is 5.91 Å². The molecule has 0 unspecified atom stereocenters. The van der Waals surface area contributed by atoms with Crippen LogP contribution >= 0.6 is 11.6 Å². The molecule has 7 nitrogen and oxygen atoms in total. The molecular formula is C10H15ClN6O. The fourth-order valence-corrected chi connectivity index (χ4v) is 1.42. The lowest BCUT2D eigenvalue weighted by atomic mass is 10.2. The molecule has 0 aliphatic rings. The summed E-state index contributed by atoms with van der Waals surface area (Å²) in [5.74, 6) is 10.4. The van der Waals surface area contributed by atoms with Crippen LogP contribution in [0.5, 0.6) is 0 Å². The first kappa shape index (κ1) is 14.2. The minimum atomic E-state index is -0.408. The van der Waals surface area contributed by atoms with Crippen LogP contribution in [-0.2, 0) is 0 Å². The molecule has 0 atom stereocenters. The summed E-state index contributed by atoms with van der Waals surface area (Å²) in [5.41, 5.74) is 5.72. The molecule has 0 spiro atoms. The van der Waals surface area contributed by atoms with E-state index in [2.05, 4.69) is 10.4 Å². The molecule has 0 radical (unpaired) electrons. The first-order chi connectivity index (χ1) is 8.58. The zero-order valence-corrected chi connectivity index (χ0v) is 10.4. The SMILES string of the molecule is NCCN(N)/C(=N\N)NC(=O)c1cccc(Cl)c1. The lowest BCUT2D eigenvalue weighted by Gasteiger charge is -2.19. The fraction of sp³-hybridized carbons (Fsp3) is 0.200. The van der Waals surface area contributed by atoms with Crippen LogP contribution in [0.15, 0.2) is 29.4 Å². The normalized spacial score (nSPS) is 11.2. The Hall–Kier alpha value is -1.83. The molecule has 1 amide bonds. The van der Waals surface area contributed by atoms with Crippen LogP contribution in [0.1, 0.15) is 10.4 Å². The van der Waals surface area contributed by atoms with E-state index in [1.165, 1.54) is 6.07 Å². The van der Waals surface area contributed by atoms with Gasteiger partial charge in [-0.3, -0.25) is 15.1 Å². The summed E-state index contributed by atoms with van der Waals surface area (Å²) >= 11 is 5.79. The number of amides is 1. The van der Waals surface area contributed by atoms with Gasteiger partial charge in [-0.15, -0.1) is 5.10 Å². The summed E-state index contributed by atoms with van der Waals surface area (Å²) in [6.07, 6.45) is 0. The second-order valence-electron chi connectivity index (χ2n) is 3.40. The van der Waals surface area contributed by atoms with Crippen LogP contribution < -0.4 is 22.7 Å². The summed E-state index contributed by atoms with van der Waals surface area (Å²) in [6.45, 7) is 0.619. The van der Waals surface area contributed by atoms with Crippen molar-refractivity contribution >= 4 is 23.5 Å². The molecule has 8 heteroatoms. The van der Waals surface area contributed by atoms with Gasteiger partial charge in [-0.05, 0) is 18.2 Å². The number of hydrazine groups is 1. The maximum Gasteiger partial charge on any atom is 0.258 e. The maximum absolute atomic E-state index is 11.9. The van der Waals surface area contributed by atoms with Crippen molar-refractivity contribution < 1.29 is 4.79 Å². The Balaban J connectivity index is 2.74. The molecule has 0 aromatic heterocycles. The Morgan fingerprint density at radius 2 is 2.22 bits per heavy atom. The number of carbonyl (C=O) groups excluding carboxylic acids is 1. The van der Waals surface area contributed by atoms with Crippen LogP contribution in [-0.4, -0.2) is 30.0 Å². The molecule has 0 fully saturated rings. The van der Waals surface area contributed by atoms with E-state index < -0.39 is 5.91 Å². The molecule has 1 rings (SSSR count). The molecule has 7 N–H and O–H groups in total. The van der Waals surface area contributed by atoms with Crippen molar-refractivity contribution in [1.82, 2.24) is 10.3 Å². The number of rotatable bonds is 3. The lowest BCUT2D eigenvalue weighted by molar-refractivity contribution is 0.0972. The van der Waals surface area contributed by atoms with Gasteiger partial charge in [0, 0.05) is 23.7 Å². The van der Waals surface area contributed by atoms with Crippen molar-refractivity contribution in [3.63, 3.8) is 0 Å². The number of carbonyl (C=O) groups is 1. The first-order valence-corrected chi connectivity index (χ1v) is 5.53. The predicted octanol–water partition coefficient (Wildman–Crippen LogP) is -0.566. The van der Waals surface area contributed by atoms with Crippen molar-refractivity contribution in [3.05, 3.63) is 34.9 Å². The average molecular weight is 271 g/mol. The Kier molecular flexibility index (Phi) is 5.37. The molecular weight excluding hydrogens is 256 g/mol. The predicted molar refractivity (Wildman–Crippen MR) is 70.5 cm³/mol. The standard InChI is InChI=1S/C10H15ClN6O/c11-8-3-1-2-7(6-8)9(18)15-10(16-13)17(14)5-4-12/h1-3,6H,4-5,12-14H2,(H,15,16,18). The van der Waals surface area contributed by atoms with Crippen molar-refractivity contribution in [2.24, 2.45) is 22.5 Å². The maximum atomic E-state index is 11.9. The quantitative estimate of drug-likeness (QED) is 0.254. The van der Waals surface area contributed by atoms with Gasteiger partial charge in [-0.25, -0.2) is 5.84 Å². The molecule has 18 heavy (non-hydrogen) atoms. The van der Waals surface area contributed by atoms with Crippen molar-refractivity contribution in [2.75, 3.05) is 13.1 Å². The highest BCUT2D eigenvalue weighted by atomic mass is 35.5.